The number of hydrogen-bond acceptors (Lipinski definition) is 6. The summed E-state index contributed by atoms with van der Waals surface area (Å²) in [6, 6.07) is 11.4. The van der Waals surface area contributed by atoms with Gasteiger partial charge in [0.1, 0.15) is 12.0 Å². The summed E-state index contributed by atoms with van der Waals surface area (Å²) in [6.45, 7) is 1.55. The van der Waals surface area contributed by atoms with E-state index in [9.17, 15) is 14.7 Å². The Hall–Kier alpha value is -3.06. The lowest BCUT2D eigenvalue weighted by atomic mass is 10.1. The highest BCUT2D eigenvalue weighted by Gasteiger charge is 2.09. The topological polar surface area (TPSA) is 111 Å². The average molecular weight is 341 g/mol. The first kappa shape index (κ1) is 18.3. The van der Waals surface area contributed by atoms with Crippen molar-refractivity contribution < 1.29 is 19.8 Å². The quantitative estimate of drug-likeness (QED) is 0.531. The van der Waals surface area contributed by atoms with Gasteiger partial charge in [0.2, 0.25) is 0 Å². The van der Waals surface area contributed by atoms with Gasteiger partial charge in [-0.1, -0.05) is 0 Å². The van der Waals surface area contributed by atoms with Gasteiger partial charge in [-0.25, -0.2) is 0 Å². The first-order valence-corrected chi connectivity index (χ1v) is 7.69. The maximum Gasteiger partial charge on any atom is 0.251 e. The number of aliphatic hydroxyl groups is 1. The van der Waals surface area contributed by atoms with Crippen molar-refractivity contribution in [1.82, 2.24) is 5.32 Å². The number of phenolic OH excluding ortho intramolecular Hbond substituents is 1. The van der Waals surface area contributed by atoms with Crippen molar-refractivity contribution in [3.05, 3.63) is 53.6 Å². The molecule has 0 saturated carbocycles. The summed E-state index contributed by atoms with van der Waals surface area (Å²) in [5.41, 5.74) is 2.31. The molecule has 1 atom stereocenters. The second kappa shape index (κ2) is 8.70. The number of phenols is 1. The molecule has 2 rings (SSSR count). The number of azo groups is 1. The van der Waals surface area contributed by atoms with E-state index in [-0.39, 0.29) is 24.8 Å². The Kier molecular flexibility index (Phi) is 6.36. The van der Waals surface area contributed by atoms with E-state index >= 15 is 0 Å². The first-order chi connectivity index (χ1) is 12.0. The van der Waals surface area contributed by atoms with E-state index in [1.54, 1.807) is 49.4 Å². The number of nitrogens with one attached hydrogen (secondary N) is 1. The molecule has 3 N–H and O–H groups in total. The maximum absolute atomic E-state index is 12.0. The lowest BCUT2D eigenvalue weighted by Crippen LogP contribution is -2.31. The van der Waals surface area contributed by atoms with Crippen molar-refractivity contribution in [2.45, 2.75) is 6.92 Å². The highest BCUT2D eigenvalue weighted by molar-refractivity contribution is 5.94. The molecule has 25 heavy (non-hydrogen) atoms. The van der Waals surface area contributed by atoms with E-state index in [1.807, 2.05) is 0 Å². The van der Waals surface area contributed by atoms with Gasteiger partial charge in [-0.2, -0.15) is 10.2 Å². The minimum atomic E-state index is -0.606. The predicted molar refractivity (Wildman–Crippen MR) is 92.4 cm³/mol. The van der Waals surface area contributed by atoms with Crippen LogP contribution in [0.2, 0.25) is 0 Å². The van der Waals surface area contributed by atoms with Crippen LogP contribution in [0.5, 0.6) is 5.75 Å². The number of rotatable bonds is 7. The minimum absolute atomic E-state index is 0.0838. The van der Waals surface area contributed by atoms with Crippen molar-refractivity contribution >= 4 is 23.6 Å². The van der Waals surface area contributed by atoms with Gasteiger partial charge in [-0.3, -0.25) is 4.79 Å². The average Bonchev–Trinajstić information content (AvgIpc) is 2.64. The number of aromatic hydroxyl groups is 1. The predicted octanol–water partition coefficient (Wildman–Crippen LogP) is 2.65. The zero-order valence-electron chi connectivity index (χ0n) is 13.7. The van der Waals surface area contributed by atoms with Gasteiger partial charge in [0.15, 0.2) is 0 Å². The summed E-state index contributed by atoms with van der Waals surface area (Å²) in [7, 11) is 0. The van der Waals surface area contributed by atoms with Gasteiger partial charge < -0.3 is 20.3 Å². The molecule has 7 heteroatoms. The van der Waals surface area contributed by atoms with E-state index in [2.05, 4.69) is 15.5 Å². The Bertz CT molecular complexity index is 772. The molecule has 0 aromatic heterocycles. The number of aldehydes is 1. The molecule has 0 saturated heterocycles. The molecule has 2 aromatic rings. The van der Waals surface area contributed by atoms with Crippen molar-refractivity contribution in [1.29, 1.82) is 0 Å². The lowest BCUT2D eigenvalue weighted by molar-refractivity contribution is -0.111. The molecule has 0 spiro atoms. The third-order valence-corrected chi connectivity index (χ3v) is 3.54. The van der Waals surface area contributed by atoms with Crippen molar-refractivity contribution in [3.63, 3.8) is 0 Å². The van der Waals surface area contributed by atoms with Crippen LogP contribution < -0.4 is 5.32 Å². The molecule has 7 nitrogen and oxygen atoms in total. The van der Waals surface area contributed by atoms with Gasteiger partial charge in [0, 0.05) is 12.1 Å². The zero-order valence-corrected chi connectivity index (χ0v) is 13.7. The highest BCUT2D eigenvalue weighted by atomic mass is 16.3. The van der Waals surface area contributed by atoms with E-state index in [0.29, 0.717) is 28.8 Å². The Morgan fingerprint density at radius 2 is 1.80 bits per heavy atom. The number of amides is 1. The number of nitrogens with zero attached hydrogens (tertiary/aromatic N) is 2. The van der Waals surface area contributed by atoms with Crippen LogP contribution in [-0.4, -0.2) is 35.6 Å². The molecule has 0 bridgehead atoms. The molecule has 1 amide bonds. The third kappa shape index (κ3) is 5.22. The molecule has 0 radical (unpaired) electrons. The van der Waals surface area contributed by atoms with Crippen molar-refractivity contribution in [2.75, 3.05) is 13.2 Å². The number of carbonyl (C=O) groups is 2. The molecule has 0 fully saturated rings. The fourth-order valence-corrected chi connectivity index (χ4v) is 1.98. The van der Waals surface area contributed by atoms with Crippen LogP contribution in [0.15, 0.2) is 52.7 Å². The van der Waals surface area contributed by atoms with Crippen LogP contribution in [0.1, 0.15) is 15.9 Å². The highest BCUT2D eigenvalue weighted by Crippen LogP contribution is 2.24. The van der Waals surface area contributed by atoms with Crippen molar-refractivity contribution in [2.24, 2.45) is 16.1 Å². The smallest absolute Gasteiger partial charge is 0.251 e. The van der Waals surface area contributed by atoms with Gasteiger partial charge in [-0.05, 0) is 55.0 Å². The van der Waals surface area contributed by atoms with Gasteiger partial charge in [-0.15, -0.1) is 0 Å². The van der Waals surface area contributed by atoms with Crippen LogP contribution in [-0.2, 0) is 4.79 Å². The van der Waals surface area contributed by atoms with Crippen LogP contribution in [0.3, 0.4) is 0 Å². The standard InChI is InChI=1S/C18H19N3O4/c1-12-8-16(6-7-17(12)24)21-20-15-4-2-14(3-5-15)18(25)19-9-13(10-22)11-23/h2-8,10,13,23-24H,9,11H2,1H3,(H,19,25)/b21-20+. The number of aryl methyl sites for hydroxylation is 1. The number of hydrogen-bond donors (Lipinski definition) is 3. The van der Waals surface area contributed by atoms with E-state index in [4.69, 9.17) is 5.11 Å². The van der Waals surface area contributed by atoms with Gasteiger partial charge >= 0.3 is 0 Å². The number of aliphatic hydroxyl groups excluding tert-OH is 1. The molecule has 2 aromatic carbocycles. The van der Waals surface area contributed by atoms with Crippen LogP contribution in [0.4, 0.5) is 11.4 Å². The normalized spacial score (nSPS) is 12.1. The van der Waals surface area contributed by atoms with Gasteiger partial charge in [0.05, 0.1) is 23.9 Å². The lowest BCUT2D eigenvalue weighted by Gasteiger charge is -2.08. The third-order valence-electron chi connectivity index (χ3n) is 3.54. The monoisotopic (exact) mass is 341 g/mol. The fraction of sp³-hybridized carbons (Fsp3) is 0.222. The number of benzene rings is 2. The molecular formula is C18H19N3O4. The SMILES string of the molecule is Cc1cc(/N=N/c2ccc(C(=O)NCC(C=O)CO)cc2)ccc1O. The second-order valence-corrected chi connectivity index (χ2v) is 5.51. The fourth-order valence-electron chi connectivity index (χ4n) is 1.98. The summed E-state index contributed by atoms with van der Waals surface area (Å²) in [6.07, 6.45) is 0.606. The first-order valence-electron chi connectivity index (χ1n) is 7.69. The summed E-state index contributed by atoms with van der Waals surface area (Å²) >= 11 is 0. The molecule has 0 aliphatic carbocycles. The molecule has 0 aliphatic rings. The molecule has 1 unspecified atom stereocenters. The zero-order chi connectivity index (χ0) is 18.2. The summed E-state index contributed by atoms with van der Waals surface area (Å²) in [4.78, 5) is 22.6. The van der Waals surface area contributed by atoms with Crippen LogP contribution >= 0.6 is 0 Å². The van der Waals surface area contributed by atoms with E-state index in [0.717, 1.165) is 0 Å². The summed E-state index contributed by atoms with van der Waals surface area (Å²) < 4.78 is 0. The Labute approximate surface area is 145 Å². The maximum atomic E-state index is 12.0. The van der Waals surface area contributed by atoms with E-state index in [1.165, 1.54) is 0 Å². The van der Waals surface area contributed by atoms with Crippen LogP contribution in [0.25, 0.3) is 0 Å². The summed E-state index contributed by atoms with van der Waals surface area (Å²) in [5.74, 6) is -0.740. The minimum Gasteiger partial charge on any atom is -0.508 e. The molecular weight excluding hydrogens is 322 g/mol. The molecule has 0 heterocycles. The Morgan fingerprint density at radius 3 is 2.40 bits per heavy atom. The molecule has 0 aliphatic heterocycles. The van der Waals surface area contributed by atoms with E-state index < -0.39 is 5.92 Å². The number of carbonyl (C=O) groups excluding carboxylic acids is 2. The van der Waals surface area contributed by atoms with Gasteiger partial charge in [0.25, 0.3) is 5.91 Å². The Balaban J connectivity index is 1.99. The molecule has 130 valence electrons. The van der Waals surface area contributed by atoms with Crippen molar-refractivity contribution in [3.8, 4) is 5.75 Å². The second-order valence-electron chi connectivity index (χ2n) is 5.51. The Morgan fingerprint density at radius 1 is 1.16 bits per heavy atom. The summed E-state index contributed by atoms with van der Waals surface area (Å²) in [5, 5.41) is 29.1. The largest absolute Gasteiger partial charge is 0.508 e. The van der Waals surface area contributed by atoms with Crippen LogP contribution in [0, 0.1) is 12.8 Å².